The number of hydrogen-bond donors (Lipinski definition) is 3. The molecule has 1 fully saturated rings. The Morgan fingerprint density at radius 1 is 1.10 bits per heavy atom. The van der Waals surface area contributed by atoms with E-state index in [2.05, 4.69) is 39.5 Å². The molecular weight excluding hydrogens is 362 g/mol. The lowest BCUT2D eigenvalue weighted by Gasteiger charge is -2.19. The Kier molecular flexibility index (Phi) is 6.27. The normalized spacial score (nSPS) is 18.9. The molecule has 1 aliphatic rings. The molecule has 5 heteroatoms. The van der Waals surface area contributed by atoms with Gasteiger partial charge >= 0.3 is 0 Å². The number of aliphatic hydroxyl groups is 1. The van der Waals surface area contributed by atoms with Gasteiger partial charge in [-0.2, -0.15) is 0 Å². The third kappa shape index (κ3) is 4.69. The van der Waals surface area contributed by atoms with Crippen molar-refractivity contribution in [2.45, 2.75) is 19.4 Å². The van der Waals surface area contributed by atoms with Gasteiger partial charge in [0.2, 0.25) is 0 Å². The molecule has 0 unspecified atom stereocenters. The molecule has 5 nitrogen and oxygen atoms in total. The van der Waals surface area contributed by atoms with E-state index in [1.807, 2.05) is 36.5 Å². The van der Waals surface area contributed by atoms with Gasteiger partial charge in [-0.3, -0.25) is 4.79 Å². The van der Waals surface area contributed by atoms with Crippen LogP contribution < -0.4 is 10.6 Å². The first-order valence-corrected chi connectivity index (χ1v) is 10.5. The molecule has 4 rings (SSSR count). The van der Waals surface area contributed by atoms with Crippen LogP contribution in [0.2, 0.25) is 0 Å². The number of aliphatic hydroxyl groups excluding tert-OH is 1. The smallest absolute Gasteiger partial charge is 0.251 e. The van der Waals surface area contributed by atoms with Crippen LogP contribution in [0.15, 0.2) is 60.8 Å². The highest BCUT2D eigenvalue weighted by Crippen LogP contribution is 2.22. The SMILES string of the molecule is O=C(NC[C@H]1CNC[C@@H]1Cc1ccccc1)c1ccc2ccn(CCCO)c2c1. The van der Waals surface area contributed by atoms with Crippen molar-refractivity contribution in [2.24, 2.45) is 11.8 Å². The largest absolute Gasteiger partial charge is 0.396 e. The molecule has 0 saturated carbocycles. The Hall–Kier alpha value is -2.63. The molecule has 3 N–H and O–H groups in total. The summed E-state index contributed by atoms with van der Waals surface area (Å²) in [6.45, 7) is 3.55. The molecule has 1 saturated heterocycles. The third-order valence-electron chi connectivity index (χ3n) is 5.94. The van der Waals surface area contributed by atoms with Gasteiger partial charge in [0.1, 0.15) is 0 Å². The number of carbonyl (C=O) groups is 1. The van der Waals surface area contributed by atoms with Crippen LogP contribution in [0.4, 0.5) is 0 Å². The first-order valence-electron chi connectivity index (χ1n) is 10.5. The average molecular weight is 392 g/mol. The van der Waals surface area contributed by atoms with Gasteiger partial charge in [0.15, 0.2) is 0 Å². The second kappa shape index (κ2) is 9.25. The molecule has 2 aromatic carbocycles. The molecule has 152 valence electrons. The molecule has 29 heavy (non-hydrogen) atoms. The summed E-state index contributed by atoms with van der Waals surface area (Å²) in [4.78, 5) is 12.8. The van der Waals surface area contributed by atoms with Gasteiger partial charge in [-0.1, -0.05) is 36.4 Å². The highest BCUT2D eigenvalue weighted by molar-refractivity contribution is 5.98. The minimum absolute atomic E-state index is 0.0211. The van der Waals surface area contributed by atoms with E-state index in [9.17, 15) is 4.79 Å². The van der Waals surface area contributed by atoms with Crippen molar-refractivity contribution in [3.05, 3.63) is 71.9 Å². The summed E-state index contributed by atoms with van der Waals surface area (Å²) in [5.41, 5.74) is 3.08. The maximum atomic E-state index is 12.8. The maximum absolute atomic E-state index is 12.8. The number of aryl methyl sites for hydroxylation is 1. The van der Waals surface area contributed by atoms with Crippen LogP contribution in [0.3, 0.4) is 0 Å². The number of carbonyl (C=O) groups excluding carboxylic acids is 1. The van der Waals surface area contributed by atoms with E-state index in [-0.39, 0.29) is 12.5 Å². The van der Waals surface area contributed by atoms with E-state index in [1.165, 1.54) is 5.56 Å². The molecule has 2 atom stereocenters. The molecule has 0 aliphatic carbocycles. The van der Waals surface area contributed by atoms with E-state index in [0.717, 1.165) is 37.0 Å². The van der Waals surface area contributed by atoms with Gasteiger partial charge < -0.3 is 20.3 Å². The Balaban J connectivity index is 1.38. The molecule has 1 amide bonds. The maximum Gasteiger partial charge on any atom is 0.251 e. The van der Waals surface area contributed by atoms with Crippen LogP contribution in [0.1, 0.15) is 22.3 Å². The predicted molar refractivity (Wildman–Crippen MR) is 116 cm³/mol. The van der Waals surface area contributed by atoms with Gasteiger partial charge in [-0.15, -0.1) is 0 Å². The fourth-order valence-corrected chi connectivity index (χ4v) is 4.27. The number of amides is 1. The standard InChI is InChI=1S/C24H29N3O2/c28-12-4-10-27-11-9-19-7-8-20(14-23(19)27)24(29)26-17-22-16-25-15-21(22)13-18-5-2-1-3-6-18/h1-3,5-9,11,14,21-22,25,28H,4,10,12-13,15-17H2,(H,26,29)/t21-,22+/m0/s1. The van der Waals surface area contributed by atoms with Gasteiger partial charge in [-0.05, 0) is 66.9 Å². The van der Waals surface area contributed by atoms with Crippen LogP contribution in [-0.4, -0.2) is 41.8 Å². The lowest BCUT2D eigenvalue weighted by Crippen LogP contribution is -2.33. The van der Waals surface area contributed by atoms with Crippen molar-refractivity contribution in [3.8, 4) is 0 Å². The lowest BCUT2D eigenvalue weighted by molar-refractivity contribution is 0.0945. The van der Waals surface area contributed by atoms with E-state index < -0.39 is 0 Å². The zero-order valence-corrected chi connectivity index (χ0v) is 16.7. The molecule has 0 spiro atoms. The second-order valence-electron chi connectivity index (χ2n) is 7.94. The van der Waals surface area contributed by atoms with Crippen molar-refractivity contribution >= 4 is 16.8 Å². The number of benzene rings is 2. The second-order valence-corrected chi connectivity index (χ2v) is 7.94. The number of rotatable bonds is 8. The Morgan fingerprint density at radius 2 is 1.93 bits per heavy atom. The average Bonchev–Trinajstić information content (AvgIpc) is 3.37. The summed E-state index contributed by atoms with van der Waals surface area (Å²) in [5, 5.41) is 16.8. The van der Waals surface area contributed by atoms with Crippen molar-refractivity contribution in [3.63, 3.8) is 0 Å². The van der Waals surface area contributed by atoms with Crippen LogP contribution in [0, 0.1) is 11.8 Å². The number of hydrogen-bond acceptors (Lipinski definition) is 3. The van der Waals surface area contributed by atoms with E-state index in [1.54, 1.807) is 0 Å². The van der Waals surface area contributed by atoms with Gasteiger partial charge in [0, 0.05) is 37.0 Å². The van der Waals surface area contributed by atoms with Crippen molar-refractivity contribution in [1.29, 1.82) is 0 Å². The molecule has 0 radical (unpaired) electrons. The van der Waals surface area contributed by atoms with Crippen molar-refractivity contribution in [2.75, 3.05) is 26.2 Å². The molecule has 1 aromatic heterocycles. The number of aromatic nitrogens is 1. The first kappa shape index (κ1) is 19.7. The summed E-state index contributed by atoms with van der Waals surface area (Å²) in [5.74, 6) is 0.958. The Morgan fingerprint density at radius 3 is 2.76 bits per heavy atom. The van der Waals surface area contributed by atoms with Crippen LogP contribution in [0.5, 0.6) is 0 Å². The number of fused-ring (bicyclic) bond motifs is 1. The predicted octanol–water partition coefficient (Wildman–Crippen LogP) is 2.83. The Labute approximate surface area is 171 Å². The van der Waals surface area contributed by atoms with Crippen LogP contribution in [-0.2, 0) is 13.0 Å². The van der Waals surface area contributed by atoms with Gasteiger partial charge in [-0.25, -0.2) is 0 Å². The summed E-state index contributed by atoms with van der Waals surface area (Å²) >= 11 is 0. The fourth-order valence-electron chi connectivity index (χ4n) is 4.27. The molecule has 3 aromatic rings. The van der Waals surface area contributed by atoms with Gasteiger partial charge in [0.05, 0.1) is 0 Å². The topological polar surface area (TPSA) is 66.3 Å². The minimum Gasteiger partial charge on any atom is -0.396 e. The molecule has 2 heterocycles. The number of nitrogens with one attached hydrogen (secondary N) is 2. The van der Waals surface area contributed by atoms with Crippen LogP contribution in [0.25, 0.3) is 10.9 Å². The number of nitrogens with zero attached hydrogens (tertiary/aromatic N) is 1. The van der Waals surface area contributed by atoms with E-state index in [0.29, 0.717) is 30.4 Å². The summed E-state index contributed by atoms with van der Waals surface area (Å²) in [7, 11) is 0. The Bertz CT molecular complexity index is 951. The molecule has 0 bridgehead atoms. The van der Waals surface area contributed by atoms with Crippen LogP contribution >= 0.6 is 0 Å². The highest BCUT2D eigenvalue weighted by Gasteiger charge is 2.27. The van der Waals surface area contributed by atoms with Gasteiger partial charge in [0.25, 0.3) is 5.91 Å². The third-order valence-corrected chi connectivity index (χ3v) is 5.94. The fraction of sp³-hybridized carbons (Fsp3) is 0.375. The summed E-state index contributed by atoms with van der Waals surface area (Å²) < 4.78 is 2.10. The first-order chi connectivity index (χ1) is 14.2. The summed E-state index contributed by atoms with van der Waals surface area (Å²) in [6.07, 6.45) is 3.76. The monoisotopic (exact) mass is 391 g/mol. The summed E-state index contributed by atoms with van der Waals surface area (Å²) in [6, 6.07) is 18.5. The molecule has 1 aliphatic heterocycles. The zero-order valence-electron chi connectivity index (χ0n) is 16.7. The minimum atomic E-state index is -0.0211. The van der Waals surface area contributed by atoms with E-state index in [4.69, 9.17) is 5.11 Å². The quantitative estimate of drug-likeness (QED) is 0.553. The lowest BCUT2D eigenvalue weighted by atomic mass is 9.89. The van der Waals surface area contributed by atoms with Crippen molar-refractivity contribution < 1.29 is 9.90 Å². The molecular formula is C24H29N3O2. The zero-order chi connectivity index (χ0) is 20.1. The van der Waals surface area contributed by atoms with Crippen molar-refractivity contribution in [1.82, 2.24) is 15.2 Å². The van der Waals surface area contributed by atoms with E-state index >= 15 is 0 Å². The highest BCUT2D eigenvalue weighted by atomic mass is 16.3.